The molecule has 2 rings (SSSR count). The predicted molar refractivity (Wildman–Crippen MR) is 147 cm³/mol. The predicted octanol–water partition coefficient (Wildman–Crippen LogP) is 9.41. The van der Waals surface area contributed by atoms with Crippen molar-refractivity contribution in [3.63, 3.8) is 0 Å². The topological polar surface area (TPSA) is 26.3 Å². The Balaban J connectivity index is 2.49. The fraction of sp³-hybridized carbons (Fsp3) is 0.690. The van der Waals surface area contributed by atoms with Crippen LogP contribution in [0.2, 0.25) is 18.3 Å². The van der Waals surface area contributed by atoms with Crippen molar-refractivity contribution in [2.45, 2.75) is 111 Å². The zero-order chi connectivity index (χ0) is 24.1. The molecule has 33 heavy (non-hydrogen) atoms. The van der Waals surface area contributed by atoms with E-state index in [0.29, 0.717) is 12.8 Å². The summed E-state index contributed by atoms with van der Waals surface area (Å²) in [6.45, 7) is 7.05. The maximum absolute atomic E-state index is 11.6. The molecule has 0 heterocycles. The quantitative estimate of drug-likeness (QED) is 0.152. The molecule has 1 aromatic rings. The number of benzene rings is 1. The van der Waals surface area contributed by atoms with Gasteiger partial charge in [-0.3, -0.25) is 0 Å². The molecule has 0 spiro atoms. The summed E-state index contributed by atoms with van der Waals surface area (Å²) >= 11 is 4.21. The van der Waals surface area contributed by atoms with Crippen LogP contribution in [0.5, 0.6) is 0 Å². The van der Waals surface area contributed by atoms with Gasteiger partial charge in [-0.15, -0.1) is 0 Å². The average Bonchev–Trinajstić information content (AvgIpc) is 3.35. The van der Waals surface area contributed by atoms with E-state index in [-0.39, 0.29) is 5.97 Å². The molecule has 1 aliphatic rings. The zero-order valence-electron chi connectivity index (χ0n) is 21.7. The van der Waals surface area contributed by atoms with Crippen molar-refractivity contribution in [2.24, 2.45) is 5.92 Å². The first-order valence-electron chi connectivity index (χ1n) is 13.6. The van der Waals surface area contributed by atoms with Gasteiger partial charge in [0.05, 0.1) is 0 Å². The Kier molecular flexibility index (Phi) is 13.5. The summed E-state index contributed by atoms with van der Waals surface area (Å²) in [6, 6.07) is 6.75. The molecule has 4 heteroatoms. The van der Waals surface area contributed by atoms with Crippen LogP contribution in [0.1, 0.15) is 103 Å². The van der Waals surface area contributed by atoms with Crippen LogP contribution in [0.15, 0.2) is 24.3 Å². The third kappa shape index (κ3) is 8.91. The Morgan fingerprint density at radius 3 is 2.09 bits per heavy atom. The molecule has 0 unspecified atom stereocenters. The Labute approximate surface area is 212 Å². The van der Waals surface area contributed by atoms with Crippen molar-refractivity contribution in [2.75, 3.05) is 7.11 Å². The number of rotatable bonds is 15. The van der Waals surface area contributed by atoms with Gasteiger partial charge in [-0.2, -0.15) is 0 Å². The molecule has 0 atom stereocenters. The minimum atomic E-state index is -2.62. The summed E-state index contributed by atoms with van der Waals surface area (Å²) in [4.78, 5) is 11.6. The second kappa shape index (κ2) is 15.5. The van der Waals surface area contributed by atoms with Crippen LogP contribution in [0.3, 0.4) is 0 Å². The van der Waals surface area contributed by atoms with Crippen molar-refractivity contribution in [1.29, 1.82) is 0 Å². The standard InChI is InChI=1S/C17H20ClO2.3C4H9.Sn/c1-20-17(19)11-10-15-9-8-14(12-16(15)18)7-6-13-4-2-3-5-13;3*1-3-4-2;/h6,8-9,12-13H,2-5,10-11H2,1H3;3*1,3-4H2,2H3;. The van der Waals surface area contributed by atoms with E-state index in [4.69, 9.17) is 16.3 Å². The normalized spacial score (nSPS) is 15.2. The van der Waals surface area contributed by atoms with E-state index in [1.807, 2.05) is 0 Å². The van der Waals surface area contributed by atoms with Crippen LogP contribution in [-0.4, -0.2) is 31.5 Å². The van der Waals surface area contributed by atoms with Gasteiger partial charge in [-0.1, -0.05) is 0 Å². The van der Waals surface area contributed by atoms with Crippen LogP contribution >= 0.6 is 11.6 Å². The van der Waals surface area contributed by atoms with E-state index >= 15 is 0 Å². The van der Waals surface area contributed by atoms with Gasteiger partial charge < -0.3 is 0 Å². The number of carbonyl (C=O) groups excluding carboxylic acids is 1. The molecule has 0 aliphatic heterocycles. The van der Waals surface area contributed by atoms with E-state index in [0.717, 1.165) is 16.5 Å². The molecule has 0 amide bonds. The Hall–Kier alpha value is -0.481. The minimum absolute atomic E-state index is 0.175. The van der Waals surface area contributed by atoms with Gasteiger partial charge >= 0.3 is 214 Å². The Morgan fingerprint density at radius 1 is 1.03 bits per heavy atom. The molecule has 186 valence electrons. The fourth-order valence-corrected chi connectivity index (χ4v) is 22.9. The molecule has 1 saturated carbocycles. The molecule has 0 saturated heterocycles. The van der Waals surface area contributed by atoms with Gasteiger partial charge in [0.1, 0.15) is 0 Å². The van der Waals surface area contributed by atoms with Gasteiger partial charge in [-0.25, -0.2) is 0 Å². The van der Waals surface area contributed by atoms with Crippen LogP contribution in [0.4, 0.5) is 0 Å². The van der Waals surface area contributed by atoms with E-state index in [1.54, 1.807) is 3.59 Å². The van der Waals surface area contributed by atoms with Crippen molar-refractivity contribution in [1.82, 2.24) is 0 Å². The number of hydrogen-bond donors (Lipinski definition) is 0. The molecule has 0 N–H and O–H groups in total. The van der Waals surface area contributed by atoms with Gasteiger partial charge in [0, 0.05) is 0 Å². The summed E-state index contributed by atoms with van der Waals surface area (Å²) in [5.74, 6) is 0.574. The monoisotopic (exact) mass is 582 g/mol. The summed E-state index contributed by atoms with van der Waals surface area (Å²) in [5, 5.41) is 0.815. The Morgan fingerprint density at radius 2 is 1.61 bits per heavy atom. The molecule has 1 fully saturated rings. The first-order valence-corrected chi connectivity index (χ1v) is 21.4. The van der Waals surface area contributed by atoms with Crippen molar-refractivity contribution in [3.05, 3.63) is 40.4 Å². The first-order chi connectivity index (χ1) is 16.0. The first kappa shape index (κ1) is 28.8. The number of hydrogen-bond acceptors (Lipinski definition) is 2. The average molecular weight is 582 g/mol. The molecular formula is C29H47ClO2Sn. The third-order valence-corrected chi connectivity index (χ3v) is 23.7. The number of unbranched alkanes of at least 4 members (excludes halogenated alkanes) is 3. The molecule has 2 nitrogen and oxygen atoms in total. The van der Waals surface area contributed by atoms with E-state index in [2.05, 4.69) is 45.0 Å². The van der Waals surface area contributed by atoms with Crippen molar-refractivity contribution >= 4 is 39.5 Å². The third-order valence-electron chi connectivity index (χ3n) is 7.59. The van der Waals surface area contributed by atoms with Crippen molar-refractivity contribution in [3.8, 4) is 0 Å². The summed E-state index contributed by atoms with van der Waals surface area (Å²) in [5.41, 5.74) is 2.45. The van der Waals surface area contributed by atoms with Crippen LogP contribution in [0.25, 0.3) is 3.59 Å². The zero-order valence-corrected chi connectivity index (χ0v) is 25.3. The summed E-state index contributed by atoms with van der Waals surface area (Å²) in [6.07, 6.45) is 17.2. The van der Waals surface area contributed by atoms with Crippen LogP contribution in [0, 0.1) is 5.92 Å². The number of esters is 1. The van der Waals surface area contributed by atoms with Gasteiger partial charge in [0.15, 0.2) is 0 Å². The van der Waals surface area contributed by atoms with Crippen LogP contribution in [-0.2, 0) is 16.0 Å². The molecule has 0 aromatic heterocycles. The summed E-state index contributed by atoms with van der Waals surface area (Å²) in [7, 11) is 1.45. The number of allylic oxidation sites excluding steroid dienone is 1. The van der Waals surface area contributed by atoms with E-state index in [1.165, 1.54) is 90.2 Å². The number of methoxy groups -OCH3 is 1. The molecule has 1 aliphatic carbocycles. The number of halogens is 1. The maximum atomic E-state index is 11.6. The van der Waals surface area contributed by atoms with Crippen LogP contribution < -0.4 is 0 Å². The SMILES string of the molecule is CCC[CH2][Sn]([CH2]CCC)([CH2]CCC)/[C](=C/C1CCCC1)c1ccc(CCC(=O)OC)c(Cl)c1. The summed E-state index contributed by atoms with van der Waals surface area (Å²) < 4.78 is 11.0. The van der Waals surface area contributed by atoms with E-state index < -0.39 is 18.4 Å². The fourth-order valence-electron chi connectivity index (χ4n) is 5.52. The molecule has 0 bridgehead atoms. The Bertz CT molecular complexity index is 730. The second-order valence-corrected chi connectivity index (χ2v) is 23.6. The molecule has 0 radical (unpaired) electrons. The number of ether oxygens (including phenoxy) is 1. The number of aryl methyl sites for hydroxylation is 1. The molecule has 1 aromatic carbocycles. The second-order valence-electron chi connectivity index (χ2n) is 10.1. The van der Waals surface area contributed by atoms with Crippen molar-refractivity contribution < 1.29 is 9.53 Å². The van der Waals surface area contributed by atoms with Gasteiger partial charge in [-0.05, 0) is 0 Å². The van der Waals surface area contributed by atoms with Gasteiger partial charge in [0.2, 0.25) is 0 Å². The van der Waals surface area contributed by atoms with E-state index in [9.17, 15) is 4.79 Å². The number of carbonyl (C=O) groups is 1. The van der Waals surface area contributed by atoms with Gasteiger partial charge in [0.25, 0.3) is 0 Å². The molecular weight excluding hydrogens is 534 g/mol.